The van der Waals surface area contributed by atoms with Crippen molar-refractivity contribution in [3.05, 3.63) is 35.9 Å². The Balaban J connectivity index is 1.69. The molecule has 1 saturated heterocycles. The predicted octanol–water partition coefficient (Wildman–Crippen LogP) is 1.95. The van der Waals surface area contributed by atoms with Gasteiger partial charge in [-0.05, 0) is 69.3 Å². The van der Waals surface area contributed by atoms with Crippen LogP contribution in [0.2, 0.25) is 0 Å². The second kappa shape index (κ2) is 13.6. The summed E-state index contributed by atoms with van der Waals surface area (Å²) in [5, 5.41) is 17.8. The third-order valence-electron chi connectivity index (χ3n) is 7.52. The summed E-state index contributed by atoms with van der Waals surface area (Å²) in [4.78, 5) is 38.3. The van der Waals surface area contributed by atoms with Crippen LogP contribution in [0.5, 0.6) is 0 Å². The van der Waals surface area contributed by atoms with Crippen molar-refractivity contribution in [3.63, 3.8) is 0 Å². The third-order valence-corrected chi connectivity index (χ3v) is 8.44. The first-order valence-electron chi connectivity index (χ1n) is 13.6. The summed E-state index contributed by atoms with van der Waals surface area (Å²) >= 11 is 0. The number of hydrogen-bond donors (Lipinski definition) is 4. The second-order valence-corrected chi connectivity index (χ2v) is 12.6. The fraction of sp³-hybridized carbons (Fsp3) is 0.667. The Morgan fingerprint density at radius 3 is 2.41 bits per heavy atom. The molecule has 1 saturated carbocycles. The van der Waals surface area contributed by atoms with E-state index in [0.29, 0.717) is 32.2 Å². The van der Waals surface area contributed by atoms with Crippen molar-refractivity contribution >= 4 is 28.0 Å². The third kappa shape index (κ3) is 9.18. The van der Waals surface area contributed by atoms with Crippen LogP contribution >= 0.6 is 0 Å². The molecule has 4 N–H and O–H groups in total. The van der Waals surface area contributed by atoms with Gasteiger partial charge in [-0.3, -0.25) is 9.59 Å². The molecule has 3 rings (SSSR count). The highest BCUT2D eigenvalue weighted by molar-refractivity contribution is 7.86. The monoisotopic (exact) mass is 566 g/mol. The summed E-state index contributed by atoms with van der Waals surface area (Å²) in [6.45, 7) is 4.08. The van der Waals surface area contributed by atoms with Gasteiger partial charge in [-0.1, -0.05) is 44.2 Å². The number of benzene rings is 1. The second-order valence-electron chi connectivity index (χ2n) is 11.1. The van der Waals surface area contributed by atoms with E-state index in [1.165, 1.54) is 0 Å². The molecule has 12 heteroatoms. The van der Waals surface area contributed by atoms with Gasteiger partial charge in [-0.25, -0.2) is 13.2 Å². The van der Waals surface area contributed by atoms with Gasteiger partial charge < -0.3 is 30.3 Å². The summed E-state index contributed by atoms with van der Waals surface area (Å²) in [5.41, 5.74) is -1.95. The average Bonchev–Trinajstić information content (AvgIpc) is 3.50. The summed E-state index contributed by atoms with van der Waals surface area (Å²) in [7, 11) is -5.18. The number of hydrogen-bond acceptors (Lipinski definition) is 8. The Labute approximate surface area is 230 Å². The van der Waals surface area contributed by atoms with Gasteiger partial charge in [0.1, 0.15) is 21.8 Å². The predicted molar refractivity (Wildman–Crippen MR) is 142 cm³/mol. The quantitative estimate of drug-likeness (QED) is 0.262. The molecule has 4 atom stereocenters. The first-order valence-corrected chi connectivity index (χ1v) is 15.1. The highest BCUT2D eigenvalue weighted by atomic mass is 32.2. The van der Waals surface area contributed by atoms with Gasteiger partial charge in [0.25, 0.3) is 0 Å². The normalized spacial score (nSPS) is 21.2. The molecule has 11 nitrogen and oxygen atoms in total. The van der Waals surface area contributed by atoms with Crippen molar-refractivity contribution in [3.8, 4) is 0 Å². The molecule has 1 heterocycles. The Morgan fingerprint density at radius 2 is 1.85 bits per heavy atom. The Hall–Kier alpha value is -2.70. The van der Waals surface area contributed by atoms with E-state index < -0.39 is 51.2 Å². The molecule has 1 aliphatic heterocycles. The number of carbonyl (C=O) groups excluding carboxylic acids is 3. The highest BCUT2D eigenvalue weighted by Gasteiger charge is 2.39. The van der Waals surface area contributed by atoms with E-state index in [2.05, 4.69) is 16.0 Å². The molecule has 2 fully saturated rings. The molecule has 3 amide bonds. The summed E-state index contributed by atoms with van der Waals surface area (Å²) in [5.74, 6) is -1.81. The fourth-order valence-electron chi connectivity index (χ4n) is 5.42. The fourth-order valence-corrected chi connectivity index (χ4v) is 6.00. The zero-order chi connectivity index (χ0) is 28.6. The first-order chi connectivity index (χ1) is 18.4. The highest BCUT2D eigenvalue weighted by Crippen LogP contribution is 2.37. The summed E-state index contributed by atoms with van der Waals surface area (Å²) in [6, 6.07) is 7.28. The van der Waals surface area contributed by atoms with Gasteiger partial charge in [-0.15, -0.1) is 0 Å². The smallest absolute Gasteiger partial charge is 0.408 e. The van der Waals surface area contributed by atoms with Gasteiger partial charge in [0.05, 0.1) is 6.04 Å². The van der Waals surface area contributed by atoms with E-state index in [9.17, 15) is 32.5 Å². The standard InChI is InChI=1S/C27H41N3O8S/c1-18(2)16-21(24(32)29-22(25(33)39(35,36)37)17-20-11-15-28-23(20)31)30-26(34)38-27(12-6-7-13-27)14-10-19-8-4-3-5-9-19/h3-5,8-9,18,20-22,25,33H,6-7,10-17H2,1-2H3,(H,28,31)(H,29,32)(H,30,34)(H,35,36,37)/p-1/t20-,21-,22-,25?/m0/s1. The minimum Gasteiger partial charge on any atom is -0.746 e. The number of alkyl carbamates (subject to hydrolysis) is 1. The zero-order valence-corrected chi connectivity index (χ0v) is 23.4. The molecule has 1 aromatic rings. The maximum atomic E-state index is 13.2. The van der Waals surface area contributed by atoms with E-state index in [1.807, 2.05) is 44.2 Å². The maximum Gasteiger partial charge on any atom is 0.408 e. The molecule has 0 spiro atoms. The van der Waals surface area contributed by atoms with Crippen LogP contribution in [0.4, 0.5) is 4.79 Å². The number of ether oxygens (including phenoxy) is 1. The molecule has 2 aliphatic rings. The van der Waals surface area contributed by atoms with Gasteiger partial charge in [0.2, 0.25) is 11.8 Å². The molecule has 39 heavy (non-hydrogen) atoms. The van der Waals surface area contributed by atoms with Crippen molar-refractivity contribution in [1.82, 2.24) is 16.0 Å². The van der Waals surface area contributed by atoms with E-state index in [-0.39, 0.29) is 24.7 Å². The van der Waals surface area contributed by atoms with Crippen molar-refractivity contribution in [2.75, 3.05) is 6.54 Å². The lowest BCUT2D eigenvalue weighted by Gasteiger charge is -2.32. The van der Waals surface area contributed by atoms with Crippen LogP contribution in [0.3, 0.4) is 0 Å². The number of aliphatic hydroxyl groups is 1. The van der Waals surface area contributed by atoms with Gasteiger partial charge in [0, 0.05) is 12.5 Å². The Kier molecular flexibility index (Phi) is 10.7. The van der Waals surface area contributed by atoms with Crippen LogP contribution in [-0.2, 0) is 30.9 Å². The Bertz CT molecular complexity index is 1090. The Morgan fingerprint density at radius 1 is 1.18 bits per heavy atom. The SMILES string of the molecule is CC(C)C[C@H](NC(=O)OC1(CCc2ccccc2)CCCC1)C(=O)N[C@@H](C[C@@H]1CCNC1=O)C(O)S(=O)(=O)[O-]. The molecule has 0 radical (unpaired) electrons. The number of aliphatic hydroxyl groups excluding tert-OH is 1. The van der Waals surface area contributed by atoms with Crippen LogP contribution in [0.25, 0.3) is 0 Å². The minimum atomic E-state index is -5.18. The van der Waals surface area contributed by atoms with Crippen LogP contribution < -0.4 is 16.0 Å². The van der Waals surface area contributed by atoms with Crippen LogP contribution in [0.1, 0.15) is 70.8 Å². The van der Waals surface area contributed by atoms with Crippen LogP contribution in [-0.4, -0.2) is 65.7 Å². The zero-order valence-electron chi connectivity index (χ0n) is 22.6. The van der Waals surface area contributed by atoms with E-state index in [0.717, 1.165) is 24.8 Å². The van der Waals surface area contributed by atoms with E-state index in [4.69, 9.17) is 4.74 Å². The number of nitrogens with one attached hydrogen (secondary N) is 3. The van der Waals surface area contributed by atoms with Gasteiger partial charge >= 0.3 is 6.09 Å². The van der Waals surface area contributed by atoms with Crippen molar-refractivity contribution in [1.29, 1.82) is 0 Å². The first kappa shape index (κ1) is 30.8. The molecule has 0 bridgehead atoms. The van der Waals surface area contributed by atoms with Gasteiger partial charge in [-0.2, -0.15) is 0 Å². The number of amides is 3. The van der Waals surface area contributed by atoms with E-state index in [1.54, 1.807) is 0 Å². The van der Waals surface area contributed by atoms with Crippen LogP contribution in [0, 0.1) is 11.8 Å². The molecular weight excluding hydrogens is 526 g/mol. The molecular formula is C27H40N3O8S-. The number of aryl methyl sites for hydroxylation is 1. The molecule has 218 valence electrons. The maximum absolute atomic E-state index is 13.2. The van der Waals surface area contributed by atoms with Crippen molar-refractivity contribution < 1.29 is 37.2 Å². The minimum absolute atomic E-state index is 0.0354. The van der Waals surface area contributed by atoms with Crippen molar-refractivity contribution in [2.45, 2.75) is 94.8 Å². The topological polar surface area (TPSA) is 174 Å². The molecule has 1 aromatic carbocycles. The number of rotatable bonds is 13. The number of carbonyl (C=O) groups is 3. The lowest BCUT2D eigenvalue weighted by molar-refractivity contribution is -0.126. The van der Waals surface area contributed by atoms with Gasteiger partial charge in [0.15, 0.2) is 5.44 Å². The molecule has 1 aliphatic carbocycles. The lowest BCUT2D eigenvalue weighted by atomic mass is 9.93. The molecule has 1 unspecified atom stereocenters. The van der Waals surface area contributed by atoms with Crippen LogP contribution in [0.15, 0.2) is 30.3 Å². The largest absolute Gasteiger partial charge is 0.746 e. The average molecular weight is 567 g/mol. The summed E-state index contributed by atoms with van der Waals surface area (Å²) in [6.07, 6.45) is 4.26. The lowest BCUT2D eigenvalue weighted by Crippen LogP contribution is -2.55. The summed E-state index contributed by atoms with van der Waals surface area (Å²) < 4.78 is 40.7. The van der Waals surface area contributed by atoms with Crippen molar-refractivity contribution in [2.24, 2.45) is 11.8 Å². The molecule has 0 aromatic heterocycles. The van der Waals surface area contributed by atoms with E-state index >= 15 is 0 Å².